The van der Waals surface area contributed by atoms with E-state index in [1.54, 1.807) is 6.07 Å². The first-order chi connectivity index (χ1) is 10.0. The van der Waals surface area contributed by atoms with Gasteiger partial charge in [-0.2, -0.15) is 0 Å². The molecule has 0 amide bonds. The Kier molecular flexibility index (Phi) is 4.76. The standard InChI is InChI=1S/C17H25NO3/c1-5-7-8-18-12(4)16(17(20)21-6-2)13-10-15(19)11(3)9-14(13)18/h9-10,12,16,19H,5-8H2,1-4H3/t12-,16+/m0/s1. The molecule has 0 fully saturated rings. The maximum Gasteiger partial charge on any atom is 0.315 e. The van der Waals surface area contributed by atoms with Gasteiger partial charge >= 0.3 is 5.97 Å². The Morgan fingerprint density at radius 1 is 1.38 bits per heavy atom. The molecule has 0 aromatic heterocycles. The zero-order valence-corrected chi connectivity index (χ0v) is 13.3. The van der Waals surface area contributed by atoms with Crippen molar-refractivity contribution in [3.05, 3.63) is 23.3 Å². The van der Waals surface area contributed by atoms with Crippen molar-refractivity contribution in [3.63, 3.8) is 0 Å². The van der Waals surface area contributed by atoms with E-state index in [0.717, 1.165) is 36.2 Å². The maximum absolute atomic E-state index is 12.3. The first kappa shape index (κ1) is 15.7. The second kappa shape index (κ2) is 6.37. The Morgan fingerprint density at radius 2 is 2.10 bits per heavy atom. The van der Waals surface area contributed by atoms with E-state index in [1.807, 2.05) is 19.9 Å². The minimum Gasteiger partial charge on any atom is -0.508 e. The summed E-state index contributed by atoms with van der Waals surface area (Å²) in [7, 11) is 0. The van der Waals surface area contributed by atoms with Gasteiger partial charge in [0.25, 0.3) is 0 Å². The Morgan fingerprint density at radius 3 is 2.71 bits per heavy atom. The van der Waals surface area contributed by atoms with Gasteiger partial charge in [-0.1, -0.05) is 13.3 Å². The van der Waals surface area contributed by atoms with Gasteiger partial charge in [-0.15, -0.1) is 0 Å². The first-order valence-electron chi connectivity index (χ1n) is 7.78. The smallest absolute Gasteiger partial charge is 0.315 e. The highest BCUT2D eigenvalue weighted by molar-refractivity contribution is 5.86. The molecule has 0 bridgehead atoms. The zero-order chi connectivity index (χ0) is 15.6. The molecule has 2 atom stereocenters. The number of benzene rings is 1. The fourth-order valence-corrected chi connectivity index (χ4v) is 3.06. The van der Waals surface area contributed by atoms with Crippen molar-refractivity contribution in [2.24, 2.45) is 0 Å². The topological polar surface area (TPSA) is 49.8 Å². The van der Waals surface area contributed by atoms with E-state index in [1.165, 1.54) is 0 Å². The number of phenols is 1. The summed E-state index contributed by atoms with van der Waals surface area (Å²) in [4.78, 5) is 14.6. The molecular formula is C17H25NO3. The normalized spacial score (nSPS) is 20.5. The lowest BCUT2D eigenvalue weighted by molar-refractivity contribution is -0.145. The molecule has 1 aliphatic heterocycles. The van der Waals surface area contributed by atoms with Crippen LogP contribution in [0.25, 0.3) is 0 Å². The number of hydrogen-bond donors (Lipinski definition) is 1. The predicted octanol–water partition coefficient (Wildman–Crippen LogP) is 3.36. The molecule has 0 radical (unpaired) electrons. The van der Waals surface area contributed by atoms with E-state index >= 15 is 0 Å². The van der Waals surface area contributed by atoms with E-state index in [4.69, 9.17) is 4.74 Å². The van der Waals surface area contributed by atoms with Crippen molar-refractivity contribution in [2.45, 2.75) is 52.5 Å². The van der Waals surface area contributed by atoms with Crippen molar-refractivity contribution in [1.82, 2.24) is 0 Å². The zero-order valence-electron chi connectivity index (χ0n) is 13.3. The van der Waals surface area contributed by atoms with E-state index in [0.29, 0.717) is 6.61 Å². The third-order valence-corrected chi connectivity index (χ3v) is 4.26. The van der Waals surface area contributed by atoms with Crippen LogP contribution in [-0.2, 0) is 9.53 Å². The van der Waals surface area contributed by atoms with Crippen molar-refractivity contribution < 1.29 is 14.6 Å². The van der Waals surface area contributed by atoms with Crippen LogP contribution in [0, 0.1) is 6.92 Å². The SMILES string of the molecule is CCCCN1c2cc(C)c(O)cc2[C@H](C(=O)OCC)[C@@H]1C. The molecule has 1 aliphatic rings. The Balaban J connectivity index is 2.42. The molecule has 1 aromatic rings. The molecule has 1 aromatic carbocycles. The highest BCUT2D eigenvalue weighted by Crippen LogP contribution is 2.44. The van der Waals surface area contributed by atoms with Crippen LogP contribution in [0.2, 0.25) is 0 Å². The number of phenolic OH excluding ortho intramolecular Hbond substituents is 1. The van der Waals surface area contributed by atoms with Gasteiger partial charge in [-0.05, 0) is 50.5 Å². The molecule has 4 heteroatoms. The number of aryl methyl sites for hydroxylation is 1. The van der Waals surface area contributed by atoms with Crippen LogP contribution in [0.1, 0.15) is 50.7 Å². The van der Waals surface area contributed by atoms with Crippen molar-refractivity contribution in [1.29, 1.82) is 0 Å². The molecule has 0 spiro atoms. The number of rotatable bonds is 5. The highest BCUT2D eigenvalue weighted by Gasteiger charge is 2.41. The summed E-state index contributed by atoms with van der Waals surface area (Å²) in [5.74, 6) is -0.274. The van der Waals surface area contributed by atoms with Crippen molar-refractivity contribution in [3.8, 4) is 5.75 Å². The van der Waals surface area contributed by atoms with Gasteiger partial charge in [0.05, 0.1) is 6.61 Å². The summed E-state index contributed by atoms with van der Waals surface area (Å²) in [6.07, 6.45) is 2.19. The molecule has 4 nitrogen and oxygen atoms in total. The van der Waals surface area contributed by atoms with Gasteiger partial charge < -0.3 is 14.7 Å². The van der Waals surface area contributed by atoms with Crippen LogP contribution in [0.15, 0.2) is 12.1 Å². The minimum absolute atomic E-state index is 0.0619. The fourth-order valence-electron chi connectivity index (χ4n) is 3.06. The van der Waals surface area contributed by atoms with Gasteiger partial charge in [-0.25, -0.2) is 0 Å². The molecule has 21 heavy (non-hydrogen) atoms. The molecule has 0 saturated heterocycles. The minimum atomic E-state index is -0.316. The monoisotopic (exact) mass is 291 g/mol. The summed E-state index contributed by atoms with van der Waals surface area (Å²) in [5, 5.41) is 9.99. The Hall–Kier alpha value is -1.71. The maximum atomic E-state index is 12.3. The number of fused-ring (bicyclic) bond motifs is 1. The second-order valence-corrected chi connectivity index (χ2v) is 5.71. The number of carbonyl (C=O) groups excluding carboxylic acids is 1. The third kappa shape index (κ3) is 2.85. The summed E-state index contributed by atoms with van der Waals surface area (Å²) < 4.78 is 5.23. The number of aromatic hydroxyl groups is 1. The largest absolute Gasteiger partial charge is 0.508 e. The molecular weight excluding hydrogens is 266 g/mol. The second-order valence-electron chi connectivity index (χ2n) is 5.71. The number of anilines is 1. The quantitative estimate of drug-likeness (QED) is 0.845. The summed E-state index contributed by atoms with van der Waals surface area (Å²) in [5.41, 5.74) is 2.79. The molecule has 0 saturated carbocycles. The molecule has 116 valence electrons. The highest BCUT2D eigenvalue weighted by atomic mass is 16.5. The van der Waals surface area contributed by atoms with Gasteiger partial charge in [0, 0.05) is 18.3 Å². The van der Waals surface area contributed by atoms with Crippen LogP contribution < -0.4 is 4.90 Å². The number of hydrogen-bond acceptors (Lipinski definition) is 4. The average molecular weight is 291 g/mol. The number of esters is 1. The third-order valence-electron chi connectivity index (χ3n) is 4.26. The lowest BCUT2D eigenvalue weighted by atomic mass is 9.95. The van der Waals surface area contributed by atoms with Gasteiger partial charge in [0.15, 0.2) is 0 Å². The fraction of sp³-hybridized carbons (Fsp3) is 0.588. The lowest BCUT2D eigenvalue weighted by Crippen LogP contribution is -2.35. The van der Waals surface area contributed by atoms with E-state index < -0.39 is 0 Å². The summed E-state index contributed by atoms with van der Waals surface area (Å²) in [6, 6.07) is 3.77. The van der Waals surface area contributed by atoms with E-state index in [2.05, 4.69) is 18.7 Å². The number of unbranched alkanes of at least 4 members (excludes halogenated alkanes) is 1. The van der Waals surface area contributed by atoms with Gasteiger partial charge in [0.1, 0.15) is 11.7 Å². The number of carbonyl (C=O) groups is 1. The molecule has 0 unspecified atom stereocenters. The van der Waals surface area contributed by atoms with Crippen LogP contribution in [0.3, 0.4) is 0 Å². The molecule has 1 N–H and O–H groups in total. The van der Waals surface area contributed by atoms with Crippen LogP contribution in [-0.4, -0.2) is 30.3 Å². The Bertz CT molecular complexity index is 527. The summed E-state index contributed by atoms with van der Waals surface area (Å²) >= 11 is 0. The van der Waals surface area contributed by atoms with Gasteiger partial charge in [-0.3, -0.25) is 4.79 Å². The van der Waals surface area contributed by atoms with E-state index in [9.17, 15) is 9.90 Å². The molecule has 1 heterocycles. The van der Waals surface area contributed by atoms with Crippen LogP contribution in [0.5, 0.6) is 5.75 Å². The lowest BCUT2D eigenvalue weighted by Gasteiger charge is -2.26. The molecule has 0 aliphatic carbocycles. The average Bonchev–Trinajstić information content (AvgIpc) is 2.69. The molecule has 2 rings (SSSR count). The van der Waals surface area contributed by atoms with E-state index in [-0.39, 0.29) is 23.7 Å². The first-order valence-corrected chi connectivity index (χ1v) is 7.78. The van der Waals surface area contributed by atoms with Crippen molar-refractivity contribution >= 4 is 11.7 Å². The van der Waals surface area contributed by atoms with Crippen LogP contribution >= 0.6 is 0 Å². The Labute approximate surface area is 126 Å². The van der Waals surface area contributed by atoms with Crippen molar-refractivity contribution in [2.75, 3.05) is 18.1 Å². The van der Waals surface area contributed by atoms with Gasteiger partial charge in [0.2, 0.25) is 0 Å². The summed E-state index contributed by atoms with van der Waals surface area (Å²) in [6.45, 7) is 9.22. The van der Waals surface area contributed by atoms with Crippen LogP contribution in [0.4, 0.5) is 5.69 Å². The predicted molar refractivity (Wildman–Crippen MR) is 83.9 cm³/mol. The number of ether oxygens (including phenoxy) is 1. The number of nitrogens with zero attached hydrogens (tertiary/aromatic N) is 1.